The zero-order chi connectivity index (χ0) is 21.3. The molecular weight excluding hydrogens is 445 g/mol. The Hall–Kier alpha value is -2.86. The first-order valence-corrected chi connectivity index (χ1v) is 10.6. The van der Waals surface area contributed by atoms with Gasteiger partial charge in [-0.15, -0.1) is 0 Å². The van der Waals surface area contributed by atoms with E-state index in [0.29, 0.717) is 24.4 Å². The monoisotopic (exact) mass is 465 g/mol. The lowest BCUT2D eigenvalue weighted by Crippen LogP contribution is -2.19. The molecule has 0 radical (unpaired) electrons. The number of aryl methyl sites for hydroxylation is 2. The van der Waals surface area contributed by atoms with E-state index >= 15 is 0 Å². The summed E-state index contributed by atoms with van der Waals surface area (Å²) in [6.45, 7) is 3.94. The molecule has 0 unspecified atom stereocenters. The van der Waals surface area contributed by atoms with Gasteiger partial charge in [-0.2, -0.15) is 0 Å². The molecule has 4 rings (SSSR count). The summed E-state index contributed by atoms with van der Waals surface area (Å²) < 4.78 is 14.6. The second-order valence-electron chi connectivity index (χ2n) is 7.63. The van der Waals surface area contributed by atoms with E-state index in [9.17, 15) is 9.18 Å². The Bertz CT molecular complexity index is 1150. The number of aromatic nitrogens is 2. The van der Waals surface area contributed by atoms with E-state index in [-0.39, 0.29) is 18.1 Å². The summed E-state index contributed by atoms with van der Waals surface area (Å²) in [6.07, 6.45) is 3.51. The Labute approximate surface area is 183 Å². The molecule has 0 saturated carbocycles. The third-order valence-electron chi connectivity index (χ3n) is 4.91. The molecule has 1 aliphatic rings. The number of carbonyl (C=O) groups excluding carboxylic acids is 1. The molecule has 1 N–H and O–H groups in total. The summed E-state index contributed by atoms with van der Waals surface area (Å²) >= 11 is 3.40. The molecule has 1 amide bonds. The molecule has 152 valence electrons. The van der Waals surface area contributed by atoms with Crippen molar-refractivity contribution in [3.63, 3.8) is 0 Å². The van der Waals surface area contributed by atoms with Crippen LogP contribution in [-0.4, -0.2) is 15.9 Å². The molecule has 0 spiro atoms. The summed E-state index contributed by atoms with van der Waals surface area (Å²) in [6, 6.07) is 12.4. The van der Waals surface area contributed by atoms with Gasteiger partial charge >= 0.3 is 0 Å². The van der Waals surface area contributed by atoms with Crippen LogP contribution < -0.4 is 5.32 Å². The number of nitrogens with one attached hydrogen (secondary N) is 1. The van der Waals surface area contributed by atoms with Crippen LogP contribution in [-0.2, 0) is 24.1 Å². The average Bonchev–Trinajstić information content (AvgIpc) is 2.69. The fourth-order valence-corrected chi connectivity index (χ4v) is 3.82. The smallest absolute Gasteiger partial charge is 0.230 e. The van der Waals surface area contributed by atoms with Gasteiger partial charge in [0.1, 0.15) is 11.5 Å². The van der Waals surface area contributed by atoms with Crippen molar-refractivity contribution >= 4 is 33.7 Å². The highest BCUT2D eigenvalue weighted by Crippen LogP contribution is 2.33. The highest BCUT2D eigenvalue weighted by molar-refractivity contribution is 9.10. The van der Waals surface area contributed by atoms with E-state index in [2.05, 4.69) is 21.2 Å². The van der Waals surface area contributed by atoms with Crippen molar-refractivity contribution < 1.29 is 9.18 Å². The number of hydrogen-bond donors (Lipinski definition) is 1. The topological polar surface area (TPSA) is 54.9 Å². The number of allylic oxidation sites excluding steroid dienone is 1. The van der Waals surface area contributed by atoms with Crippen molar-refractivity contribution in [3.8, 4) is 11.3 Å². The minimum absolute atomic E-state index is 0.145. The van der Waals surface area contributed by atoms with Gasteiger partial charge in [-0.25, -0.2) is 14.4 Å². The van der Waals surface area contributed by atoms with Crippen LogP contribution in [0.3, 0.4) is 0 Å². The fourth-order valence-electron chi connectivity index (χ4n) is 3.56. The van der Waals surface area contributed by atoms with Gasteiger partial charge in [0.2, 0.25) is 5.91 Å². The number of halogens is 2. The van der Waals surface area contributed by atoms with Crippen molar-refractivity contribution in [2.45, 2.75) is 33.1 Å². The Morgan fingerprint density at radius 1 is 1.13 bits per heavy atom. The maximum atomic E-state index is 13.6. The lowest BCUT2D eigenvalue weighted by atomic mass is 9.91. The Kier molecular flexibility index (Phi) is 5.77. The van der Waals surface area contributed by atoms with Crippen molar-refractivity contribution in [3.05, 3.63) is 80.8 Å². The molecular formula is C24H21BrFN3O. The normalized spacial score (nSPS) is 12.0. The number of anilines is 1. The minimum atomic E-state index is -0.244. The SMILES string of the molecule is CC(C)=Cc1nc2c(nc1NC(=O)Cc1ccc(Br)cc1)CCc1cc(F)ccc1-2. The molecule has 0 saturated heterocycles. The van der Waals surface area contributed by atoms with E-state index < -0.39 is 0 Å². The van der Waals surface area contributed by atoms with Crippen molar-refractivity contribution in [1.29, 1.82) is 0 Å². The highest BCUT2D eigenvalue weighted by Gasteiger charge is 2.22. The lowest BCUT2D eigenvalue weighted by molar-refractivity contribution is -0.115. The maximum Gasteiger partial charge on any atom is 0.230 e. The molecule has 1 aliphatic carbocycles. The quantitative estimate of drug-likeness (QED) is 0.533. The van der Waals surface area contributed by atoms with Gasteiger partial charge in [-0.05, 0) is 74.2 Å². The molecule has 3 aromatic rings. The summed E-state index contributed by atoms with van der Waals surface area (Å²) in [5, 5.41) is 2.93. The average molecular weight is 466 g/mol. The summed E-state index contributed by atoms with van der Waals surface area (Å²) in [4.78, 5) is 22.2. The number of benzene rings is 2. The maximum absolute atomic E-state index is 13.6. The predicted octanol–water partition coefficient (Wildman–Crippen LogP) is 5.75. The van der Waals surface area contributed by atoms with E-state index in [1.54, 1.807) is 12.1 Å². The van der Waals surface area contributed by atoms with Gasteiger partial charge in [-0.1, -0.05) is 33.6 Å². The van der Waals surface area contributed by atoms with Crippen molar-refractivity contribution in [1.82, 2.24) is 9.97 Å². The van der Waals surface area contributed by atoms with Crippen LogP contribution in [0.25, 0.3) is 17.3 Å². The fraction of sp³-hybridized carbons (Fsp3) is 0.208. The molecule has 0 bridgehead atoms. The van der Waals surface area contributed by atoms with Crippen LogP contribution >= 0.6 is 15.9 Å². The standard InChI is InChI=1S/C24H21BrFN3O/c1-14(2)11-21-24(29-22(30)12-15-3-6-17(25)7-4-15)28-20-10-5-16-13-18(26)8-9-19(16)23(20)27-21/h3-4,6-9,11,13H,5,10,12H2,1-2H3,(H,28,29,30). The van der Waals surface area contributed by atoms with Gasteiger partial charge in [0.15, 0.2) is 5.82 Å². The van der Waals surface area contributed by atoms with Gasteiger partial charge < -0.3 is 5.32 Å². The van der Waals surface area contributed by atoms with E-state index in [0.717, 1.165) is 38.1 Å². The molecule has 1 heterocycles. The van der Waals surface area contributed by atoms with Gasteiger partial charge in [0.25, 0.3) is 0 Å². The Morgan fingerprint density at radius 2 is 1.90 bits per heavy atom. The number of fused-ring (bicyclic) bond motifs is 3. The molecule has 6 heteroatoms. The number of carbonyl (C=O) groups is 1. The number of amides is 1. The van der Waals surface area contributed by atoms with E-state index in [4.69, 9.17) is 9.97 Å². The van der Waals surface area contributed by atoms with Crippen LogP contribution in [0.2, 0.25) is 0 Å². The van der Waals surface area contributed by atoms with Crippen LogP contribution in [0.15, 0.2) is 52.5 Å². The zero-order valence-corrected chi connectivity index (χ0v) is 18.4. The second kappa shape index (κ2) is 8.48. The number of hydrogen-bond acceptors (Lipinski definition) is 3. The molecule has 0 fully saturated rings. The Balaban J connectivity index is 1.68. The zero-order valence-electron chi connectivity index (χ0n) is 16.8. The number of nitrogens with zero attached hydrogens (tertiary/aromatic N) is 2. The lowest BCUT2D eigenvalue weighted by Gasteiger charge is -2.20. The third-order valence-corrected chi connectivity index (χ3v) is 5.44. The molecule has 0 aliphatic heterocycles. The van der Waals surface area contributed by atoms with Crippen LogP contribution in [0.5, 0.6) is 0 Å². The first-order valence-electron chi connectivity index (χ1n) is 9.78. The molecule has 2 aromatic carbocycles. The molecule has 4 nitrogen and oxygen atoms in total. The van der Waals surface area contributed by atoms with Crippen LogP contribution in [0.1, 0.15) is 36.4 Å². The summed E-state index contributed by atoms with van der Waals surface area (Å²) in [7, 11) is 0. The largest absolute Gasteiger partial charge is 0.309 e. The van der Waals surface area contributed by atoms with Crippen LogP contribution in [0, 0.1) is 5.82 Å². The molecule has 30 heavy (non-hydrogen) atoms. The van der Waals surface area contributed by atoms with Gasteiger partial charge in [0.05, 0.1) is 17.8 Å². The highest BCUT2D eigenvalue weighted by atomic mass is 79.9. The van der Waals surface area contributed by atoms with Crippen LogP contribution in [0.4, 0.5) is 10.2 Å². The second-order valence-corrected chi connectivity index (χ2v) is 8.54. The van der Waals surface area contributed by atoms with Gasteiger partial charge in [-0.3, -0.25) is 4.79 Å². The van der Waals surface area contributed by atoms with Crippen molar-refractivity contribution in [2.24, 2.45) is 0 Å². The molecule has 1 aromatic heterocycles. The first kappa shape index (κ1) is 20.4. The Morgan fingerprint density at radius 3 is 2.63 bits per heavy atom. The third kappa shape index (κ3) is 4.49. The summed E-state index contributed by atoms with van der Waals surface area (Å²) in [5.41, 5.74) is 5.99. The summed E-state index contributed by atoms with van der Waals surface area (Å²) in [5.74, 6) is 0.0717. The predicted molar refractivity (Wildman–Crippen MR) is 121 cm³/mol. The minimum Gasteiger partial charge on any atom is -0.309 e. The van der Waals surface area contributed by atoms with Gasteiger partial charge in [0, 0.05) is 10.0 Å². The van der Waals surface area contributed by atoms with E-state index in [1.807, 2.05) is 44.2 Å². The molecule has 0 atom stereocenters. The van der Waals surface area contributed by atoms with Crippen molar-refractivity contribution in [2.75, 3.05) is 5.32 Å². The first-order chi connectivity index (χ1) is 14.4. The number of rotatable bonds is 4. The van der Waals surface area contributed by atoms with E-state index in [1.165, 1.54) is 6.07 Å².